The van der Waals surface area contributed by atoms with Gasteiger partial charge in [0.05, 0.1) is 13.0 Å². The molecule has 1 atom stereocenters. The molecule has 0 spiro atoms. The second-order valence-electron chi connectivity index (χ2n) is 3.61. The van der Waals surface area contributed by atoms with Crippen LogP contribution < -0.4 is 5.32 Å². The molecule has 0 aliphatic carbocycles. The Balaban J connectivity index is 2.23. The number of hydrogen-bond donors (Lipinski definition) is 2. The fourth-order valence-corrected chi connectivity index (χ4v) is 1.71. The average Bonchev–Trinajstić information content (AvgIpc) is 2.57. The van der Waals surface area contributed by atoms with Crippen LogP contribution in [-0.4, -0.2) is 24.7 Å². The highest BCUT2D eigenvalue weighted by molar-refractivity contribution is 5.99. The Bertz CT molecular complexity index is 389. The number of aliphatic hydroxyl groups is 1. The number of nitrogens with one attached hydrogen (secondary N) is 1. The van der Waals surface area contributed by atoms with E-state index < -0.39 is 6.10 Å². The van der Waals surface area contributed by atoms with Crippen molar-refractivity contribution in [1.29, 1.82) is 0 Å². The quantitative estimate of drug-likeness (QED) is 0.772. The van der Waals surface area contributed by atoms with Crippen LogP contribution in [0.15, 0.2) is 18.2 Å². The maximum absolute atomic E-state index is 11.1. The molecule has 0 fully saturated rings. The van der Waals surface area contributed by atoms with Crippen molar-refractivity contribution in [2.75, 3.05) is 19.0 Å². The van der Waals surface area contributed by atoms with E-state index in [9.17, 15) is 9.90 Å². The Morgan fingerprint density at radius 2 is 2.40 bits per heavy atom. The molecule has 80 valence electrons. The van der Waals surface area contributed by atoms with Gasteiger partial charge in [-0.2, -0.15) is 0 Å². The number of benzene rings is 1. The molecular formula is C11H13NO3. The van der Waals surface area contributed by atoms with Gasteiger partial charge in [-0.3, -0.25) is 4.79 Å². The third-order valence-corrected chi connectivity index (χ3v) is 2.46. The minimum atomic E-state index is -0.629. The van der Waals surface area contributed by atoms with E-state index in [4.69, 9.17) is 4.74 Å². The number of amides is 1. The Morgan fingerprint density at radius 1 is 1.60 bits per heavy atom. The maximum atomic E-state index is 11.1. The van der Waals surface area contributed by atoms with Gasteiger partial charge in [0.1, 0.15) is 6.10 Å². The molecule has 0 radical (unpaired) electrons. The number of anilines is 1. The second-order valence-corrected chi connectivity index (χ2v) is 3.61. The molecule has 1 aliphatic rings. The monoisotopic (exact) mass is 207 g/mol. The lowest BCUT2D eigenvalue weighted by atomic mass is 10.0. The van der Waals surface area contributed by atoms with Crippen LogP contribution in [0.5, 0.6) is 0 Å². The summed E-state index contributed by atoms with van der Waals surface area (Å²) in [5, 5.41) is 12.4. The Kier molecular flexibility index (Phi) is 2.70. The number of methoxy groups -OCH3 is 1. The zero-order valence-electron chi connectivity index (χ0n) is 8.49. The number of rotatable bonds is 3. The average molecular weight is 207 g/mol. The van der Waals surface area contributed by atoms with Crippen LogP contribution in [0.4, 0.5) is 5.69 Å². The van der Waals surface area contributed by atoms with Gasteiger partial charge in [-0.05, 0) is 17.2 Å². The molecule has 1 unspecified atom stereocenters. The largest absolute Gasteiger partial charge is 0.386 e. The molecule has 1 aromatic rings. The first kappa shape index (κ1) is 10.1. The summed E-state index contributed by atoms with van der Waals surface area (Å²) in [6, 6.07) is 5.46. The lowest BCUT2D eigenvalue weighted by Gasteiger charge is -2.10. The van der Waals surface area contributed by atoms with E-state index in [1.54, 1.807) is 13.2 Å². The van der Waals surface area contributed by atoms with Crippen LogP contribution in [0.2, 0.25) is 0 Å². The van der Waals surface area contributed by atoms with Gasteiger partial charge in [0, 0.05) is 12.8 Å². The first-order valence-corrected chi connectivity index (χ1v) is 4.80. The molecule has 1 heterocycles. The normalized spacial score (nSPS) is 16.0. The first-order chi connectivity index (χ1) is 7.20. The topological polar surface area (TPSA) is 58.6 Å². The SMILES string of the molecule is COCC(O)c1ccc2c(c1)CC(=O)N2. The van der Waals surface area contributed by atoms with E-state index in [-0.39, 0.29) is 12.5 Å². The molecule has 2 rings (SSSR count). The van der Waals surface area contributed by atoms with Gasteiger partial charge in [-0.1, -0.05) is 12.1 Å². The van der Waals surface area contributed by atoms with Crippen molar-refractivity contribution in [2.45, 2.75) is 12.5 Å². The van der Waals surface area contributed by atoms with Crippen molar-refractivity contribution in [3.63, 3.8) is 0 Å². The van der Waals surface area contributed by atoms with E-state index in [2.05, 4.69) is 5.32 Å². The van der Waals surface area contributed by atoms with E-state index in [0.717, 1.165) is 16.8 Å². The molecule has 0 saturated carbocycles. The lowest BCUT2D eigenvalue weighted by molar-refractivity contribution is -0.115. The summed E-state index contributed by atoms with van der Waals surface area (Å²) in [5.41, 5.74) is 2.56. The predicted octanol–water partition coefficient (Wildman–Crippen LogP) is 0.861. The van der Waals surface area contributed by atoms with Crippen LogP contribution in [-0.2, 0) is 16.0 Å². The third-order valence-electron chi connectivity index (χ3n) is 2.46. The van der Waals surface area contributed by atoms with Gasteiger partial charge in [0.2, 0.25) is 5.91 Å². The highest BCUT2D eigenvalue weighted by Crippen LogP contribution is 2.26. The van der Waals surface area contributed by atoms with Gasteiger partial charge in [0.25, 0.3) is 0 Å². The molecule has 1 aromatic carbocycles. The van der Waals surface area contributed by atoms with E-state index in [1.165, 1.54) is 0 Å². The van der Waals surface area contributed by atoms with Crippen molar-refractivity contribution >= 4 is 11.6 Å². The summed E-state index contributed by atoms with van der Waals surface area (Å²) in [4.78, 5) is 11.1. The van der Waals surface area contributed by atoms with Crippen molar-refractivity contribution in [2.24, 2.45) is 0 Å². The standard InChI is InChI=1S/C11H13NO3/c1-15-6-10(13)7-2-3-9-8(4-7)5-11(14)12-9/h2-4,10,13H,5-6H2,1H3,(H,12,14). The van der Waals surface area contributed by atoms with Gasteiger partial charge in [0.15, 0.2) is 0 Å². The first-order valence-electron chi connectivity index (χ1n) is 4.80. The zero-order chi connectivity index (χ0) is 10.8. The van der Waals surface area contributed by atoms with Crippen molar-refractivity contribution in [3.8, 4) is 0 Å². The summed E-state index contributed by atoms with van der Waals surface area (Å²) in [6.45, 7) is 0.264. The minimum absolute atomic E-state index is 0.00313. The molecule has 4 nitrogen and oxygen atoms in total. The molecule has 0 aromatic heterocycles. The summed E-state index contributed by atoms with van der Waals surface area (Å²) in [7, 11) is 1.54. The predicted molar refractivity (Wildman–Crippen MR) is 55.6 cm³/mol. The van der Waals surface area contributed by atoms with Crippen LogP contribution in [0.1, 0.15) is 17.2 Å². The fourth-order valence-electron chi connectivity index (χ4n) is 1.71. The number of carbonyl (C=O) groups excluding carboxylic acids is 1. The molecule has 15 heavy (non-hydrogen) atoms. The lowest BCUT2D eigenvalue weighted by Crippen LogP contribution is -2.05. The van der Waals surface area contributed by atoms with Gasteiger partial charge >= 0.3 is 0 Å². The van der Waals surface area contributed by atoms with Gasteiger partial charge in [-0.15, -0.1) is 0 Å². The molecular weight excluding hydrogens is 194 g/mol. The molecule has 0 bridgehead atoms. The zero-order valence-corrected chi connectivity index (χ0v) is 8.49. The summed E-state index contributed by atoms with van der Waals surface area (Å²) < 4.78 is 4.87. The number of carbonyl (C=O) groups is 1. The molecule has 2 N–H and O–H groups in total. The minimum Gasteiger partial charge on any atom is -0.386 e. The summed E-state index contributed by atoms with van der Waals surface area (Å²) >= 11 is 0. The highest BCUT2D eigenvalue weighted by atomic mass is 16.5. The van der Waals surface area contributed by atoms with E-state index >= 15 is 0 Å². The summed E-state index contributed by atoms with van der Waals surface area (Å²) in [6.07, 6.45) is -0.237. The van der Waals surface area contributed by atoms with Crippen molar-refractivity contribution in [1.82, 2.24) is 0 Å². The second kappa shape index (κ2) is 4.00. The molecule has 4 heteroatoms. The third kappa shape index (κ3) is 2.00. The number of aliphatic hydroxyl groups excluding tert-OH is 1. The van der Waals surface area contributed by atoms with Crippen LogP contribution in [0, 0.1) is 0 Å². The highest BCUT2D eigenvalue weighted by Gasteiger charge is 2.19. The number of ether oxygens (including phenoxy) is 1. The fraction of sp³-hybridized carbons (Fsp3) is 0.364. The smallest absolute Gasteiger partial charge is 0.228 e. The van der Waals surface area contributed by atoms with Crippen molar-refractivity contribution in [3.05, 3.63) is 29.3 Å². The molecule has 1 aliphatic heterocycles. The Morgan fingerprint density at radius 3 is 3.13 bits per heavy atom. The molecule has 0 saturated heterocycles. The van der Waals surface area contributed by atoms with Crippen LogP contribution >= 0.6 is 0 Å². The van der Waals surface area contributed by atoms with E-state index in [1.807, 2.05) is 12.1 Å². The summed E-state index contributed by atoms with van der Waals surface area (Å²) in [5.74, 6) is 0.00313. The number of fused-ring (bicyclic) bond motifs is 1. The number of hydrogen-bond acceptors (Lipinski definition) is 3. The van der Waals surface area contributed by atoms with E-state index in [0.29, 0.717) is 6.42 Å². The Labute approximate surface area is 87.9 Å². The molecule has 1 amide bonds. The van der Waals surface area contributed by atoms with Gasteiger partial charge < -0.3 is 15.2 Å². The van der Waals surface area contributed by atoms with Crippen LogP contribution in [0.3, 0.4) is 0 Å². The van der Waals surface area contributed by atoms with Crippen molar-refractivity contribution < 1.29 is 14.6 Å². The maximum Gasteiger partial charge on any atom is 0.228 e. The Hall–Kier alpha value is -1.39. The van der Waals surface area contributed by atoms with Gasteiger partial charge in [-0.25, -0.2) is 0 Å². The van der Waals surface area contributed by atoms with Crippen LogP contribution in [0.25, 0.3) is 0 Å².